The van der Waals surface area contributed by atoms with Gasteiger partial charge in [0.15, 0.2) is 0 Å². The maximum absolute atomic E-state index is 12.6. The molecule has 0 atom stereocenters. The van der Waals surface area contributed by atoms with Gasteiger partial charge in [-0.1, -0.05) is 12.1 Å². The Morgan fingerprint density at radius 2 is 1.92 bits per heavy atom. The molecule has 0 spiro atoms. The highest BCUT2D eigenvalue weighted by Crippen LogP contribution is 2.24. The number of hydrogen-bond donors (Lipinski definition) is 2. The van der Waals surface area contributed by atoms with E-state index in [2.05, 4.69) is 36.5 Å². The smallest absolute Gasteiger partial charge is 0.255 e. The van der Waals surface area contributed by atoms with Crippen LogP contribution in [0.3, 0.4) is 0 Å². The summed E-state index contributed by atoms with van der Waals surface area (Å²) in [6.45, 7) is 3.95. The van der Waals surface area contributed by atoms with E-state index >= 15 is 0 Å². The van der Waals surface area contributed by atoms with E-state index in [0.717, 1.165) is 32.5 Å². The van der Waals surface area contributed by atoms with Crippen molar-refractivity contribution < 1.29 is 4.79 Å². The number of rotatable bonds is 3. The lowest BCUT2D eigenvalue weighted by Gasteiger charge is -2.08. The number of hydrogen-bond acceptors (Lipinski definition) is 3. The van der Waals surface area contributed by atoms with Gasteiger partial charge in [-0.3, -0.25) is 9.89 Å². The predicted octanol–water partition coefficient (Wildman–Crippen LogP) is 4.38. The van der Waals surface area contributed by atoms with Gasteiger partial charge in [0.05, 0.1) is 38.9 Å². The molecule has 0 aliphatic carbocycles. The van der Waals surface area contributed by atoms with Gasteiger partial charge in [0.2, 0.25) is 0 Å². The topological polar surface area (TPSA) is 75.6 Å². The zero-order chi connectivity index (χ0) is 18.3. The summed E-state index contributed by atoms with van der Waals surface area (Å²) in [7, 11) is 0. The number of nitrogens with zero attached hydrogens (tertiary/aromatic N) is 3. The third-order valence-electron chi connectivity index (χ3n) is 4.30. The number of nitrogens with one attached hydrogen (secondary N) is 2. The normalized spacial score (nSPS) is 11.0. The minimum Gasteiger partial charge on any atom is -0.320 e. The van der Waals surface area contributed by atoms with Gasteiger partial charge in [0, 0.05) is 10.9 Å². The quantitative estimate of drug-likeness (QED) is 0.526. The van der Waals surface area contributed by atoms with Crippen LogP contribution in [0.1, 0.15) is 21.7 Å². The van der Waals surface area contributed by atoms with Crippen molar-refractivity contribution in [2.75, 3.05) is 5.32 Å². The number of benzene rings is 2. The van der Waals surface area contributed by atoms with Crippen molar-refractivity contribution in [2.24, 2.45) is 0 Å². The minimum absolute atomic E-state index is 0.173. The Balaban J connectivity index is 1.59. The van der Waals surface area contributed by atoms with Crippen molar-refractivity contribution in [2.45, 2.75) is 13.8 Å². The Hall–Kier alpha value is -2.93. The fourth-order valence-corrected chi connectivity index (χ4v) is 3.14. The van der Waals surface area contributed by atoms with Gasteiger partial charge in [-0.05, 0) is 60.1 Å². The molecular weight excluding hydrogens is 394 g/mol. The van der Waals surface area contributed by atoms with Gasteiger partial charge < -0.3 is 5.32 Å². The maximum Gasteiger partial charge on any atom is 0.255 e. The Morgan fingerprint density at radius 3 is 2.62 bits per heavy atom. The SMILES string of the molecule is Cc1nn(-c2ccc(C(=O)Nc3cccc4cn[nH]c34)cc2)c(C)c1Br. The van der Waals surface area contributed by atoms with Gasteiger partial charge in [-0.25, -0.2) is 4.68 Å². The lowest BCUT2D eigenvalue weighted by molar-refractivity contribution is 0.102. The summed E-state index contributed by atoms with van der Waals surface area (Å²) in [6.07, 6.45) is 1.73. The summed E-state index contributed by atoms with van der Waals surface area (Å²) in [6, 6.07) is 13.0. The highest BCUT2D eigenvalue weighted by molar-refractivity contribution is 9.10. The number of amides is 1. The van der Waals surface area contributed by atoms with Gasteiger partial charge in [-0.15, -0.1) is 0 Å². The fourth-order valence-electron chi connectivity index (χ4n) is 2.90. The fraction of sp³-hybridized carbons (Fsp3) is 0.105. The third kappa shape index (κ3) is 2.80. The maximum atomic E-state index is 12.6. The van der Waals surface area contributed by atoms with Gasteiger partial charge in [-0.2, -0.15) is 10.2 Å². The van der Waals surface area contributed by atoms with Crippen LogP contribution in [0.4, 0.5) is 5.69 Å². The molecule has 2 N–H and O–H groups in total. The highest BCUT2D eigenvalue weighted by Gasteiger charge is 2.12. The number of carbonyl (C=O) groups is 1. The number of aromatic amines is 1. The molecule has 0 fully saturated rings. The Bertz CT molecular complexity index is 1110. The number of aromatic nitrogens is 4. The first kappa shape index (κ1) is 16.5. The minimum atomic E-state index is -0.173. The molecule has 0 saturated carbocycles. The lowest BCUT2D eigenvalue weighted by atomic mass is 10.1. The van der Waals surface area contributed by atoms with E-state index in [1.54, 1.807) is 18.3 Å². The van der Waals surface area contributed by atoms with Crippen LogP contribution in [0.25, 0.3) is 16.6 Å². The molecule has 0 bridgehead atoms. The van der Waals surface area contributed by atoms with Crippen LogP contribution >= 0.6 is 15.9 Å². The summed E-state index contributed by atoms with van der Waals surface area (Å²) in [5.74, 6) is -0.173. The van der Waals surface area contributed by atoms with Gasteiger partial charge in [0.1, 0.15) is 0 Å². The highest BCUT2D eigenvalue weighted by atomic mass is 79.9. The molecule has 7 heteroatoms. The first-order valence-electron chi connectivity index (χ1n) is 8.10. The van der Waals surface area contributed by atoms with Crippen molar-refractivity contribution in [3.63, 3.8) is 0 Å². The Labute approximate surface area is 158 Å². The lowest BCUT2D eigenvalue weighted by Crippen LogP contribution is -2.12. The molecule has 1 amide bonds. The van der Waals surface area contributed by atoms with Gasteiger partial charge >= 0.3 is 0 Å². The average Bonchev–Trinajstić information content (AvgIpc) is 3.23. The van der Waals surface area contributed by atoms with Crippen molar-refractivity contribution in [1.82, 2.24) is 20.0 Å². The zero-order valence-corrected chi connectivity index (χ0v) is 15.8. The predicted molar refractivity (Wildman–Crippen MR) is 105 cm³/mol. The molecule has 0 saturated heterocycles. The number of anilines is 1. The average molecular weight is 410 g/mol. The van der Waals surface area contributed by atoms with Crippen molar-refractivity contribution >= 4 is 38.4 Å². The van der Waals surface area contributed by atoms with E-state index in [1.807, 2.05) is 48.9 Å². The summed E-state index contributed by atoms with van der Waals surface area (Å²) in [5.41, 5.74) is 4.94. The van der Waals surface area contributed by atoms with Crippen LogP contribution in [-0.4, -0.2) is 25.9 Å². The summed E-state index contributed by atoms with van der Waals surface area (Å²) in [5, 5.41) is 15.3. The second kappa shape index (κ2) is 6.42. The monoisotopic (exact) mass is 409 g/mol. The van der Waals surface area contributed by atoms with E-state index in [0.29, 0.717) is 11.3 Å². The summed E-state index contributed by atoms with van der Waals surface area (Å²) < 4.78 is 2.85. The third-order valence-corrected chi connectivity index (χ3v) is 5.45. The van der Waals surface area contributed by atoms with E-state index in [1.165, 1.54) is 0 Å². The number of fused-ring (bicyclic) bond motifs is 1. The molecule has 0 aliphatic rings. The molecule has 4 aromatic rings. The van der Waals surface area contributed by atoms with Crippen LogP contribution in [-0.2, 0) is 0 Å². The molecule has 0 unspecified atom stereocenters. The van der Waals surface area contributed by atoms with Crippen LogP contribution in [0.15, 0.2) is 53.1 Å². The van der Waals surface area contributed by atoms with E-state index in [9.17, 15) is 4.79 Å². The molecule has 26 heavy (non-hydrogen) atoms. The summed E-state index contributed by atoms with van der Waals surface area (Å²) >= 11 is 3.53. The molecule has 2 heterocycles. The van der Waals surface area contributed by atoms with Crippen molar-refractivity contribution in [3.8, 4) is 5.69 Å². The van der Waals surface area contributed by atoms with E-state index < -0.39 is 0 Å². The molecule has 0 aliphatic heterocycles. The standard InChI is InChI=1S/C19H16BrN5O/c1-11-17(20)12(2)25(24-11)15-8-6-13(7-9-15)19(26)22-16-5-3-4-14-10-21-23-18(14)16/h3-10H,1-2H3,(H,21,23)(H,22,26). The van der Waals surface area contributed by atoms with E-state index in [4.69, 9.17) is 0 Å². The molecular formula is C19H16BrN5O. The van der Waals surface area contributed by atoms with Crippen LogP contribution in [0, 0.1) is 13.8 Å². The second-order valence-electron chi connectivity index (χ2n) is 6.04. The Kier molecular flexibility index (Phi) is 4.08. The molecule has 0 radical (unpaired) electrons. The molecule has 6 nitrogen and oxygen atoms in total. The molecule has 130 valence electrons. The number of para-hydroxylation sites is 1. The zero-order valence-electron chi connectivity index (χ0n) is 14.2. The first-order valence-corrected chi connectivity index (χ1v) is 8.89. The number of H-pyrrole nitrogens is 1. The van der Waals surface area contributed by atoms with Crippen LogP contribution in [0.2, 0.25) is 0 Å². The van der Waals surface area contributed by atoms with Gasteiger partial charge in [0.25, 0.3) is 5.91 Å². The van der Waals surface area contributed by atoms with Crippen molar-refractivity contribution in [1.29, 1.82) is 0 Å². The molecule has 2 aromatic carbocycles. The molecule has 4 rings (SSSR count). The largest absolute Gasteiger partial charge is 0.320 e. The number of aryl methyl sites for hydroxylation is 1. The number of carbonyl (C=O) groups excluding carboxylic acids is 1. The van der Waals surface area contributed by atoms with Crippen LogP contribution in [0.5, 0.6) is 0 Å². The first-order chi connectivity index (χ1) is 12.5. The van der Waals surface area contributed by atoms with E-state index in [-0.39, 0.29) is 5.91 Å². The summed E-state index contributed by atoms with van der Waals surface area (Å²) in [4.78, 5) is 12.6. The van der Waals surface area contributed by atoms with Crippen molar-refractivity contribution in [3.05, 3.63) is 70.1 Å². The van der Waals surface area contributed by atoms with Crippen LogP contribution < -0.4 is 5.32 Å². The second-order valence-corrected chi connectivity index (χ2v) is 6.83. The Morgan fingerprint density at radius 1 is 1.15 bits per heavy atom. The molecule has 2 aromatic heterocycles. The number of halogens is 1.